The van der Waals surface area contributed by atoms with E-state index in [1.165, 1.54) is 7.11 Å². The molecule has 14 heavy (non-hydrogen) atoms. The molecule has 0 aromatic carbocycles. The zero-order valence-corrected chi connectivity index (χ0v) is 8.78. The number of ether oxygens (including phenoxy) is 2. The molecule has 5 heteroatoms. The molecule has 0 aliphatic carbocycles. The molecule has 84 valence electrons. The molecule has 0 aliphatic rings. The summed E-state index contributed by atoms with van der Waals surface area (Å²) >= 11 is 0. The second kappa shape index (κ2) is 8.93. The summed E-state index contributed by atoms with van der Waals surface area (Å²) in [5.74, 6) is -0.204. The topological polar surface area (TPSA) is 67.8 Å². The first-order chi connectivity index (χ1) is 6.70. The monoisotopic (exact) mass is 205 g/mol. The fourth-order valence-electron chi connectivity index (χ4n) is 0.980. The quantitative estimate of drug-likeness (QED) is 0.414. The first-order valence-corrected chi connectivity index (χ1v) is 4.65. The molecule has 0 rings (SSSR count). The molecule has 0 amide bonds. The number of esters is 1. The molecule has 0 aromatic rings. The Hall–Kier alpha value is -0.650. The Kier molecular flexibility index (Phi) is 8.51. The predicted molar refractivity (Wildman–Crippen MR) is 52.0 cm³/mol. The van der Waals surface area contributed by atoms with Gasteiger partial charge in [-0.1, -0.05) is 0 Å². The largest absolute Gasteiger partial charge is 0.469 e. The van der Waals surface area contributed by atoms with E-state index in [1.807, 2.05) is 0 Å². The van der Waals surface area contributed by atoms with Crippen molar-refractivity contribution in [3.05, 3.63) is 0 Å². The lowest BCUT2D eigenvalue weighted by molar-refractivity contribution is -0.140. The van der Waals surface area contributed by atoms with Crippen molar-refractivity contribution in [1.29, 1.82) is 0 Å². The summed E-state index contributed by atoms with van der Waals surface area (Å²) in [6.07, 6.45) is 0.633. The van der Waals surface area contributed by atoms with E-state index < -0.39 is 6.10 Å². The third-order valence-electron chi connectivity index (χ3n) is 1.70. The minimum absolute atomic E-state index is 0.204. The number of nitrogens with one attached hydrogen (secondary N) is 1. The molecule has 0 saturated heterocycles. The van der Waals surface area contributed by atoms with E-state index in [4.69, 9.17) is 4.74 Å². The number of hydrogen-bond donors (Lipinski definition) is 2. The standard InChI is InChI=1S/C9H19NO4/c1-13-7-8(11)6-10-5-3-4-9(12)14-2/h8,10-11H,3-7H2,1-2H3. The number of hydrogen-bond acceptors (Lipinski definition) is 5. The van der Waals surface area contributed by atoms with Gasteiger partial charge in [0.05, 0.1) is 19.8 Å². The average Bonchev–Trinajstić information content (AvgIpc) is 2.17. The molecule has 0 radical (unpaired) electrons. The fourth-order valence-corrected chi connectivity index (χ4v) is 0.980. The van der Waals surface area contributed by atoms with E-state index in [0.29, 0.717) is 32.5 Å². The van der Waals surface area contributed by atoms with Crippen LogP contribution in [-0.4, -0.2) is 51.1 Å². The first kappa shape index (κ1) is 13.4. The van der Waals surface area contributed by atoms with Crippen LogP contribution in [-0.2, 0) is 14.3 Å². The Morgan fingerprint density at radius 2 is 2.21 bits per heavy atom. The van der Waals surface area contributed by atoms with E-state index in [0.717, 1.165) is 0 Å². The number of carbonyl (C=O) groups excluding carboxylic acids is 1. The normalized spacial score (nSPS) is 12.5. The molecule has 5 nitrogen and oxygen atoms in total. The van der Waals surface area contributed by atoms with E-state index in [2.05, 4.69) is 10.1 Å². The SMILES string of the molecule is COCC(O)CNCCCC(=O)OC. The Balaban J connectivity index is 3.17. The Bertz CT molecular complexity index is 152. The third-order valence-corrected chi connectivity index (χ3v) is 1.70. The average molecular weight is 205 g/mol. The molecular formula is C9H19NO4. The number of methoxy groups -OCH3 is 2. The highest BCUT2D eigenvalue weighted by Crippen LogP contribution is 1.90. The maximum Gasteiger partial charge on any atom is 0.305 e. The van der Waals surface area contributed by atoms with E-state index >= 15 is 0 Å². The fraction of sp³-hybridized carbons (Fsp3) is 0.889. The highest BCUT2D eigenvalue weighted by molar-refractivity contribution is 5.68. The minimum atomic E-state index is -0.488. The first-order valence-electron chi connectivity index (χ1n) is 4.65. The van der Waals surface area contributed by atoms with Gasteiger partial charge in [0.2, 0.25) is 0 Å². The van der Waals surface area contributed by atoms with Crippen LogP contribution < -0.4 is 5.32 Å². The molecule has 0 spiro atoms. The molecule has 0 fully saturated rings. The maximum absolute atomic E-state index is 10.7. The van der Waals surface area contributed by atoms with Gasteiger partial charge < -0.3 is 19.9 Å². The number of rotatable bonds is 8. The summed E-state index contributed by atoms with van der Waals surface area (Å²) < 4.78 is 9.23. The lowest BCUT2D eigenvalue weighted by Gasteiger charge is -2.09. The molecule has 2 N–H and O–H groups in total. The van der Waals surface area contributed by atoms with Gasteiger partial charge in [-0.05, 0) is 13.0 Å². The summed E-state index contributed by atoms with van der Waals surface area (Å²) in [4.78, 5) is 10.7. The summed E-state index contributed by atoms with van der Waals surface area (Å²) in [5, 5.41) is 12.2. The zero-order valence-electron chi connectivity index (χ0n) is 8.78. The van der Waals surface area contributed by atoms with Crippen molar-refractivity contribution in [2.24, 2.45) is 0 Å². The van der Waals surface area contributed by atoms with Gasteiger partial charge >= 0.3 is 5.97 Å². The number of carbonyl (C=O) groups is 1. The van der Waals surface area contributed by atoms with Crippen LogP contribution in [0.2, 0.25) is 0 Å². The zero-order chi connectivity index (χ0) is 10.8. The van der Waals surface area contributed by atoms with Crippen LogP contribution in [0.3, 0.4) is 0 Å². The lowest BCUT2D eigenvalue weighted by atomic mass is 10.3. The van der Waals surface area contributed by atoms with Gasteiger partial charge in [-0.15, -0.1) is 0 Å². The van der Waals surface area contributed by atoms with E-state index in [1.54, 1.807) is 7.11 Å². The minimum Gasteiger partial charge on any atom is -0.469 e. The summed E-state index contributed by atoms with van der Waals surface area (Å²) in [6, 6.07) is 0. The van der Waals surface area contributed by atoms with Gasteiger partial charge in [0, 0.05) is 20.1 Å². The van der Waals surface area contributed by atoms with Gasteiger partial charge in [0.25, 0.3) is 0 Å². The third kappa shape index (κ3) is 7.97. The van der Waals surface area contributed by atoms with Crippen LogP contribution >= 0.6 is 0 Å². The van der Waals surface area contributed by atoms with Crippen LogP contribution in [0.1, 0.15) is 12.8 Å². The van der Waals surface area contributed by atoms with Crippen molar-refractivity contribution in [1.82, 2.24) is 5.32 Å². The van der Waals surface area contributed by atoms with Crippen LogP contribution in [0.4, 0.5) is 0 Å². The predicted octanol–water partition coefficient (Wildman–Crippen LogP) is -0.463. The van der Waals surface area contributed by atoms with Gasteiger partial charge in [0.15, 0.2) is 0 Å². The molecule has 0 aromatic heterocycles. The second-order valence-corrected chi connectivity index (χ2v) is 2.99. The summed E-state index contributed by atoms with van der Waals surface area (Å²) in [7, 11) is 2.92. The van der Waals surface area contributed by atoms with E-state index in [-0.39, 0.29) is 5.97 Å². The number of aliphatic hydroxyl groups excluding tert-OH is 1. The number of aliphatic hydroxyl groups is 1. The molecule has 0 aliphatic heterocycles. The molecule has 1 atom stereocenters. The highest BCUT2D eigenvalue weighted by Gasteiger charge is 2.02. The Morgan fingerprint density at radius 1 is 1.50 bits per heavy atom. The van der Waals surface area contributed by atoms with Crippen molar-refractivity contribution >= 4 is 5.97 Å². The van der Waals surface area contributed by atoms with Crippen LogP contribution in [0.5, 0.6) is 0 Å². The van der Waals surface area contributed by atoms with Gasteiger partial charge in [0.1, 0.15) is 0 Å². The molecule has 1 unspecified atom stereocenters. The van der Waals surface area contributed by atoms with Gasteiger partial charge in [-0.25, -0.2) is 0 Å². The molecule has 0 bridgehead atoms. The lowest BCUT2D eigenvalue weighted by Crippen LogP contribution is -2.30. The van der Waals surface area contributed by atoms with Crippen molar-refractivity contribution in [3.8, 4) is 0 Å². The van der Waals surface area contributed by atoms with Crippen molar-refractivity contribution in [2.45, 2.75) is 18.9 Å². The van der Waals surface area contributed by atoms with E-state index in [9.17, 15) is 9.90 Å². The van der Waals surface area contributed by atoms with Crippen LogP contribution in [0, 0.1) is 0 Å². The molecule has 0 saturated carbocycles. The second-order valence-electron chi connectivity index (χ2n) is 2.99. The van der Waals surface area contributed by atoms with Crippen LogP contribution in [0.25, 0.3) is 0 Å². The molecule has 0 heterocycles. The van der Waals surface area contributed by atoms with Crippen molar-refractivity contribution < 1.29 is 19.4 Å². The van der Waals surface area contributed by atoms with Crippen molar-refractivity contribution in [3.63, 3.8) is 0 Å². The highest BCUT2D eigenvalue weighted by atomic mass is 16.5. The maximum atomic E-state index is 10.7. The van der Waals surface area contributed by atoms with Gasteiger partial charge in [-0.2, -0.15) is 0 Å². The Morgan fingerprint density at radius 3 is 2.79 bits per heavy atom. The summed E-state index contributed by atoms with van der Waals surface area (Å²) in [5.41, 5.74) is 0. The summed E-state index contributed by atoms with van der Waals surface area (Å²) in [6.45, 7) is 1.49. The van der Waals surface area contributed by atoms with Crippen LogP contribution in [0.15, 0.2) is 0 Å². The Labute approximate surface area is 84.4 Å². The smallest absolute Gasteiger partial charge is 0.305 e. The molecular weight excluding hydrogens is 186 g/mol. The van der Waals surface area contributed by atoms with Gasteiger partial charge in [-0.3, -0.25) is 4.79 Å². The van der Waals surface area contributed by atoms with Crippen molar-refractivity contribution in [2.75, 3.05) is 33.9 Å².